The van der Waals surface area contributed by atoms with Crippen molar-refractivity contribution in [1.29, 1.82) is 0 Å². The van der Waals surface area contributed by atoms with E-state index in [-0.39, 0.29) is 54.3 Å². The zero-order chi connectivity index (χ0) is 64.2. The Morgan fingerprint density at radius 1 is 0.852 bits per heavy atom. The molecule has 0 radical (unpaired) electrons. The van der Waals surface area contributed by atoms with Crippen molar-refractivity contribution >= 4 is 52.7 Å². The second-order valence-corrected chi connectivity index (χ2v) is 25.5. The van der Waals surface area contributed by atoms with Gasteiger partial charge < -0.3 is 74.6 Å². The topological polar surface area (TPSA) is 295 Å². The third kappa shape index (κ3) is 20.2. The van der Waals surface area contributed by atoms with Gasteiger partial charge in [0.25, 0.3) is 16.9 Å². The number of methoxy groups -OCH3 is 2. The molecule has 1 aliphatic carbocycles. The number of fused-ring (bicyclic) bond motifs is 3. The largest absolute Gasteiger partial charge is 0.465 e. The van der Waals surface area contributed by atoms with Gasteiger partial charge in [-0.05, 0) is 120 Å². The van der Waals surface area contributed by atoms with Gasteiger partial charge in [0.1, 0.15) is 30.5 Å². The molecule has 1 saturated carbocycles. The summed E-state index contributed by atoms with van der Waals surface area (Å²) in [7, 11) is 3.16. The van der Waals surface area contributed by atoms with Crippen molar-refractivity contribution in [3.05, 3.63) is 65.6 Å². The zero-order valence-electron chi connectivity index (χ0n) is 53.3. The maximum absolute atomic E-state index is 14.7. The van der Waals surface area contributed by atoms with Crippen molar-refractivity contribution in [3.8, 4) is 0 Å². The summed E-state index contributed by atoms with van der Waals surface area (Å²) in [4.78, 5) is 83.9. The first-order valence-corrected chi connectivity index (χ1v) is 32.3. The highest BCUT2D eigenvalue weighted by Gasteiger charge is 2.53. The first-order valence-electron chi connectivity index (χ1n) is 31.9. The summed E-state index contributed by atoms with van der Waals surface area (Å²) in [6.07, 6.45) is 12.8. The van der Waals surface area contributed by atoms with Gasteiger partial charge in [-0.3, -0.25) is 19.2 Å². The van der Waals surface area contributed by atoms with Crippen LogP contribution in [0.15, 0.2) is 60.0 Å². The number of allylic oxidation sites excluding steroid dienone is 5. The molecule has 4 fully saturated rings. The predicted octanol–water partition coefficient (Wildman–Crippen LogP) is 5.36. The molecule has 3 saturated heterocycles. The van der Waals surface area contributed by atoms with Gasteiger partial charge in [0.2, 0.25) is 17.6 Å². The van der Waals surface area contributed by atoms with Gasteiger partial charge >= 0.3 is 5.97 Å². The summed E-state index contributed by atoms with van der Waals surface area (Å²) in [6.45, 7) is 16.4. The first-order chi connectivity index (χ1) is 42.0. The molecule has 1 aromatic heterocycles. The van der Waals surface area contributed by atoms with Gasteiger partial charge in [0.15, 0.2) is 5.78 Å². The summed E-state index contributed by atoms with van der Waals surface area (Å²) >= 11 is 5.65. The monoisotopic (exact) mass is 1250 g/mol. The Hall–Kier alpha value is -5.08. The number of nitrogens with zero attached hydrogens (tertiary/aromatic N) is 5. The molecule has 23 heteroatoms. The first kappa shape index (κ1) is 72.0. The van der Waals surface area contributed by atoms with E-state index in [2.05, 4.69) is 20.2 Å². The number of nitrogens with one attached hydrogen (secondary N) is 1. The number of rotatable bonds is 14. The highest BCUT2D eigenvalue weighted by molar-refractivity contribution is 7.80. The minimum Gasteiger partial charge on any atom is -0.465 e. The van der Waals surface area contributed by atoms with Crippen LogP contribution in [0.4, 0.5) is 5.95 Å². The number of amides is 2. The lowest BCUT2D eigenvalue weighted by Gasteiger charge is -2.43. The summed E-state index contributed by atoms with van der Waals surface area (Å²) < 4.78 is 36.1. The van der Waals surface area contributed by atoms with E-state index >= 15 is 0 Å². The number of hydrogen-bond acceptors (Lipinski definition) is 20. The fourth-order valence-corrected chi connectivity index (χ4v) is 12.8. The second-order valence-electron chi connectivity index (χ2n) is 25.1. The van der Waals surface area contributed by atoms with Crippen LogP contribution in [-0.4, -0.2) is 202 Å². The number of carbonyl (C=O) groups is 5. The Kier molecular flexibility index (Phi) is 28.6. The lowest BCUT2D eigenvalue weighted by atomic mass is 9.80. The molecule has 88 heavy (non-hydrogen) atoms. The number of Topliss-reactive ketones (excluding diaryl/α,β-unsaturated/α-hetero) is 2. The minimum absolute atomic E-state index is 0.0378. The number of piperidine rings is 1. The molecule has 4 aliphatic heterocycles. The highest BCUT2D eigenvalue weighted by atomic mass is 32.1. The summed E-state index contributed by atoms with van der Waals surface area (Å²) in [5.74, 6) is -7.56. The van der Waals surface area contributed by atoms with Crippen LogP contribution in [0.5, 0.6) is 0 Å². The Balaban J connectivity index is 1.14. The summed E-state index contributed by atoms with van der Waals surface area (Å²) in [5, 5.41) is 49.8. The normalized spacial score (nSPS) is 34.7. The number of ether oxygens (including phenoxy) is 6. The number of aliphatic hydroxyl groups is 4. The van der Waals surface area contributed by atoms with Gasteiger partial charge in [0.05, 0.1) is 37.4 Å². The van der Waals surface area contributed by atoms with Crippen LogP contribution >= 0.6 is 12.2 Å². The van der Waals surface area contributed by atoms with Crippen LogP contribution in [-0.2, 0) is 58.9 Å². The van der Waals surface area contributed by atoms with Crippen LogP contribution in [0.25, 0.3) is 0 Å². The molecule has 6 rings (SSSR count). The molecule has 0 spiro atoms. The van der Waals surface area contributed by atoms with E-state index in [4.69, 9.17) is 46.4 Å². The molecule has 2 bridgehead atoms. The quantitative estimate of drug-likeness (QED) is 0.0449. The molecule has 0 aromatic carbocycles. The van der Waals surface area contributed by atoms with Crippen LogP contribution in [0.3, 0.4) is 0 Å². The Morgan fingerprint density at radius 3 is 2.27 bits per heavy atom. The lowest BCUT2D eigenvalue weighted by molar-refractivity contribution is -0.265. The van der Waals surface area contributed by atoms with Crippen molar-refractivity contribution in [1.82, 2.24) is 25.1 Å². The van der Waals surface area contributed by atoms with Crippen molar-refractivity contribution in [2.24, 2.45) is 35.3 Å². The molecule has 22 nitrogen and oxygen atoms in total. The molecular formula is C65H101N7O15S. The Labute approximate surface area is 526 Å². The average molecular weight is 1250 g/mol. The molecule has 5 heterocycles. The average Bonchev–Trinajstić information content (AvgIpc) is 1.21. The molecule has 7 N–H and O–H groups in total. The van der Waals surface area contributed by atoms with E-state index in [1.807, 2.05) is 56.1 Å². The van der Waals surface area contributed by atoms with E-state index in [1.165, 1.54) is 0 Å². The number of thiocarbonyl (C=S) groups is 1. The fraction of sp³-hybridized carbons (Fsp3) is 0.723. The molecule has 16 atom stereocenters. The van der Waals surface area contributed by atoms with Crippen molar-refractivity contribution in [2.75, 3.05) is 65.1 Å². The SMILES string of the molecule is CCCOCCC(=O)N1CCN(c2ncc(CNC(=S)O[C@@H]3CC[C@@H](C[C@@H](N)[C@@H]4C[C@@H](O)[C@H](C)/C=C(\C)[C@@H](O)[C@@H](O)C(=O)[C@H](C)C[C@H](C)/C=C/C=C/C=C(\C)[C@@H](OC)C[C@@H]5CC[C@@H](C)[C@@](O)(O5)C(=O)C(=O)N5CCCC[C@H]5C(=O)O4)C[C@H]3OC)cn2)CC1. The number of anilines is 1. The van der Waals surface area contributed by atoms with Crippen LogP contribution in [0.1, 0.15) is 144 Å². The number of esters is 1. The third-order valence-corrected chi connectivity index (χ3v) is 18.5. The van der Waals surface area contributed by atoms with Gasteiger partial charge in [-0.15, -0.1) is 0 Å². The van der Waals surface area contributed by atoms with Gasteiger partial charge in [0, 0.05) is 115 Å². The maximum Gasteiger partial charge on any atom is 0.329 e. The van der Waals surface area contributed by atoms with Crippen molar-refractivity contribution in [2.45, 2.75) is 212 Å². The van der Waals surface area contributed by atoms with Crippen molar-refractivity contribution in [3.63, 3.8) is 0 Å². The fourth-order valence-electron chi connectivity index (χ4n) is 12.6. The van der Waals surface area contributed by atoms with E-state index in [9.17, 15) is 44.4 Å². The maximum atomic E-state index is 14.7. The Bertz CT molecular complexity index is 2580. The number of cyclic esters (lactones) is 1. The third-order valence-electron chi connectivity index (χ3n) is 18.3. The molecule has 0 unspecified atom stereocenters. The summed E-state index contributed by atoms with van der Waals surface area (Å²) in [5.41, 5.74) is 8.97. The number of aliphatic hydroxyl groups excluding tert-OH is 3. The lowest BCUT2D eigenvalue weighted by Crippen LogP contribution is -2.61. The predicted molar refractivity (Wildman–Crippen MR) is 335 cm³/mol. The molecular weight excluding hydrogens is 1150 g/mol. The van der Waals surface area contributed by atoms with E-state index in [1.54, 1.807) is 60.4 Å². The van der Waals surface area contributed by atoms with Crippen LogP contribution in [0.2, 0.25) is 0 Å². The number of aromatic nitrogens is 2. The molecule has 492 valence electrons. The van der Waals surface area contributed by atoms with Gasteiger partial charge in [-0.2, -0.15) is 0 Å². The number of carbonyl (C=O) groups excluding carboxylic acids is 5. The van der Waals surface area contributed by atoms with E-state index < -0.39 is 108 Å². The van der Waals surface area contributed by atoms with Crippen molar-refractivity contribution < 1.29 is 72.8 Å². The second kappa shape index (κ2) is 34.9. The number of piperazine rings is 1. The minimum atomic E-state index is -2.48. The zero-order valence-corrected chi connectivity index (χ0v) is 54.2. The number of ketones is 2. The van der Waals surface area contributed by atoms with E-state index in [0.717, 1.165) is 22.5 Å². The molecule has 5 aliphatic rings. The van der Waals surface area contributed by atoms with E-state index in [0.29, 0.717) is 116 Å². The molecule has 2 amide bonds. The number of hydrogen-bond donors (Lipinski definition) is 6. The standard InChI is InChI=1S/C65H101N7O15S/c1-10-29-84-30-23-56(74)70-25-27-71(28-26-70)63-67-37-47(38-68-63)39-69-64(88)86-52-22-20-46(34-55(52)83-9)33-49(66)54-36-51(73)42(4)32-44(6)58(76)59(77)57(75)43(5)31-40(2)16-12-11-13-17-41(3)53(82-8)35-48-21-19-45(7)65(81,87-48)60(78)61(79)72-24-15-14-18-50(72)62(80)85-54/h11-13,16-17,32,37-38,40,42-43,45-46,48-55,58-59,73,76-77,81H,10,14-15,18-31,33-36,39,66H2,1-9H3,(H,69,88)/b13-11+,16-12+,41-17+,44-32+/t40-,42-,43-,45-,46+,48+,49-,50+,51-,52-,53+,54+,55-,58-,59+,65-/m1/s1. The van der Waals surface area contributed by atoms with Crippen LogP contribution in [0, 0.1) is 29.6 Å². The van der Waals surface area contributed by atoms with Crippen LogP contribution < -0.4 is 16.0 Å². The van der Waals surface area contributed by atoms with Gasteiger partial charge in [-0.25, -0.2) is 14.8 Å². The molecule has 1 aromatic rings. The number of nitrogens with two attached hydrogens (primary N) is 1. The highest BCUT2D eigenvalue weighted by Crippen LogP contribution is 2.38. The smallest absolute Gasteiger partial charge is 0.329 e. The Morgan fingerprint density at radius 2 is 1.58 bits per heavy atom. The summed E-state index contributed by atoms with van der Waals surface area (Å²) in [6, 6.07) is -2.08. The van der Waals surface area contributed by atoms with Gasteiger partial charge in [-0.1, -0.05) is 71.1 Å².